The Labute approximate surface area is 145 Å². The first-order chi connectivity index (χ1) is 11.7. The number of halogens is 3. The minimum absolute atomic E-state index is 0.0270. The molecule has 25 heavy (non-hydrogen) atoms. The zero-order valence-corrected chi connectivity index (χ0v) is 14.3. The molecule has 138 valence electrons. The van der Waals surface area contributed by atoms with E-state index in [1.807, 2.05) is 0 Å². The molecule has 1 atom stereocenters. The Morgan fingerprint density at radius 3 is 2.76 bits per heavy atom. The lowest BCUT2D eigenvalue weighted by Gasteiger charge is -2.20. The van der Waals surface area contributed by atoms with Crippen LogP contribution in [0.1, 0.15) is 46.1 Å². The van der Waals surface area contributed by atoms with Gasteiger partial charge in [-0.25, -0.2) is 9.78 Å². The van der Waals surface area contributed by atoms with E-state index >= 15 is 0 Å². The molecule has 1 aromatic heterocycles. The molecule has 0 aliphatic carbocycles. The van der Waals surface area contributed by atoms with Crippen molar-refractivity contribution in [2.24, 2.45) is 5.92 Å². The van der Waals surface area contributed by atoms with Gasteiger partial charge in [-0.2, -0.15) is 13.2 Å². The Bertz CT molecular complexity index is 672. The van der Waals surface area contributed by atoms with Gasteiger partial charge in [-0.15, -0.1) is 11.3 Å². The molecule has 1 aliphatic rings. The third kappa shape index (κ3) is 5.00. The van der Waals surface area contributed by atoms with E-state index in [9.17, 15) is 27.6 Å². The van der Waals surface area contributed by atoms with Crippen molar-refractivity contribution < 1.29 is 32.3 Å². The normalized spacial score (nSPS) is 17.9. The van der Waals surface area contributed by atoms with Crippen LogP contribution in [-0.2, 0) is 20.5 Å². The average Bonchev–Trinajstić information content (AvgIpc) is 2.94. The quantitative estimate of drug-likeness (QED) is 0.467. The molecule has 2 heterocycles. The van der Waals surface area contributed by atoms with Crippen molar-refractivity contribution in [3.8, 4) is 0 Å². The van der Waals surface area contributed by atoms with Gasteiger partial charge in [-0.3, -0.25) is 9.59 Å². The number of hydrogen-bond acceptors (Lipinski definition) is 6. The topological polar surface area (TPSA) is 85.4 Å². The third-order valence-corrected chi connectivity index (χ3v) is 4.61. The van der Waals surface area contributed by atoms with Crippen molar-refractivity contribution >= 4 is 29.0 Å². The molecule has 2 rings (SSSR count). The number of amides is 1. The summed E-state index contributed by atoms with van der Waals surface area (Å²) in [6.45, 7) is 1.72. The summed E-state index contributed by atoms with van der Waals surface area (Å²) in [5, 5.41) is 2.72. The van der Waals surface area contributed by atoms with E-state index in [0.29, 0.717) is 24.3 Å². The minimum Gasteiger partial charge on any atom is -0.461 e. The van der Waals surface area contributed by atoms with Gasteiger partial charge in [0.25, 0.3) is 0 Å². The lowest BCUT2D eigenvalue weighted by Crippen LogP contribution is -2.40. The largest absolute Gasteiger partial charge is 0.461 e. The summed E-state index contributed by atoms with van der Waals surface area (Å²) in [5.74, 6) is -2.35. The van der Waals surface area contributed by atoms with E-state index in [1.165, 1.54) is 6.92 Å². The summed E-state index contributed by atoms with van der Waals surface area (Å²) >= 11 is 0.611. The number of aromatic nitrogens is 1. The number of nitrogens with one attached hydrogen (secondary N) is 1. The van der Waals surface area contributed by atoms with Crippen LogP contribution in [0.25, 0.3) is 0 Å². The van der Waals surface area contributed by atoms with E-state index in [1.54, 1.807) is 0 Å². The van der Waals surface area contributed by atoms with Gasteiger partial charge in [-0.1, -0.05) is 0 Å². The number of Topliss-reactive ketones (excluding diaryl/α,β-unsaturated/α-hetero) is 1. The maximum absolute atomic E-state index is 12.8. The predicted molar refractivity (Wildman–Crippen MR) is 82.1 cm³/mol. The Balaban J connectivity index is 1.83. The second-order valence-corrected chi connectivity index (χ2v) is 6.80. The van der Waals surface area contributed by atoms with E-state index < -0.39 is 28.6 Å². The molecule has 10 heteroatoms. The number of alkyl halides is 3. The zero-order chi connectivity index (χ0) is 18.6. The van der Waals surface area contributed by atoms with Crippen molar-refractivity contribution in [3.63, 3.8) is 0 Å². The maximum Gasteiger partial charge on any atom is 0.435 e. The molecule has 6 nitrogen and oxygen atoms in total. The number of rotatable bonds is 6. The van der Waals surface area contributed by atoms with E-state index in [4.69, 9.17) is 4.74 Å². The molecule has 1 N–H and O–H groups in total. The van der Waals surface area contributed by atoms with Gasteiger partial charge < -0.3 is 10.1 Å². The summed E-state index contributed by atoms with van der Waals surface area (Å²) in [4.78, 5) is 38.1. The number of thiazole rings is 1. The van der Waals surface area contributed by atoms with Crippen LogP contribution in [0.2, 0.25) is 0 Å². The molecule has 1 fully saturated rings. The number of esters is 1. The van der Waals surface area contributed by atoms with Gasteiger partial charge in [-0.05, 0) is 26.2 Å². The molecule has 0 bridgehead atoms. The molecule has 0 spiro atoms. The SMILES string of the molecule is Cc1nc(C(F)(F)F)c(C(=O)OCCCC(=O)[C@@H]2CCCNC2=O)s1. The highest BCUT2D eigenvalue weighted by molar-refractivity contribution is 7.13. The number of ketones is 1. The molecule has 1 amide bonds. The number of nitrogens with zero attached hydrogens (tertiary/aromatic N) is 1. The Morgan fingerprint density at radius 2 is 2.12 bits per heavy atom. The van der Waals surface area contributed by atoms with Crippen LogP contribution in [0.3, 0.4) is 0 Å². The van der Waals surface area contributed by atoms with Gasteiger partial charge in [0.15, 0.2) is 5.69 Å². The van der Waals surface area contributed by atoms with E-state index in [2.05, 4.69) is 10.3 Å². The van der Waals surface area contributed by atoms with Gasteiger partial charge in [0.05, 0.1) is 17.5 Å². The standard InChI is InChI=1S/C15H17F3N2O4S/c1-8-20-12(15(16,17)18)11(25-8)14(23)24-7-3-5-10(21)9-4-2-6-19-13(9)22/h9H,2-7H2,1H3,(H,19,22)/t9-/m0/s1. The minimum atomic E-state index is -4.73. The highest BCUT2D eigenvalue weighted by Crippen LogP contribution is 2.34. The zero-order valence-electron chi connectivity index (χ0n) is 13.4. The van der Waals surface area contributed by atoms with Crippen molar-refractivity contribution in [2.75, 3.05) is 13.2 Å². The fourth-order valence-electron chi connectivity index (χ4n) is 2.49. The molecule has 1 saturated heterocycles. The van der Waals surface area contributed by atoms with Crippen molar-refractivity contribution in [2.45, 2.75) is 38.8 Å². The summed E-state index contributed by atoms with van der Waals surface area (Å²) in [6.07, 6.45) is -3.35. The van der Waals surface area contributed by atoms with Crippen molar-refractivity contribution in [3.05, 3.63) is 15.6 Å². The van der Waals surface area contributed by atoms with Gasteiger partial charge >= 0.3 is 12.1 Å². The summed E-state index contributed by atoms with van der Waals surface area (Å²) in [6, 6.07) is 0. The predicted octanol–water partition coefficient (Wildman–Crippen LogP) is 2.50. The van der Waals surface area contributed by atoms with Gasteiger partial charge in [0, 0.05) is 13.0 Å². The molecule has 1 aromatic rings. The van der Waals surface area contributed by atoms with Crippen molar-refractivity contribution in [1.29, 1.82) is 0 Å². The Hall–Kier alpha value is -1.97. The highest BCUT2D eigenvalue weighted by Gasteiger charge is 2.39. The van der Waals surface area contributed by atoms with Crippen LogP contribution in [-0.4, -0.2) is 35.8 Å². The van der Waals surface area contributed by atoms with Crippen LogP contribution >= 0.6 is 11.3 Å². The van der Waals surface area contributed by atoms with Gasteiger partial charge in [0.2, 0.25) is 5.91 Å². The fraction of sp³-hybridized carbons (Fsp3) is 0.600. The molecule has 0 radical (unpaired) electrons. The fourth-order valence-corrected chi connectivity index (χ4v) is 3.32. The summed E-state index contributed by atoms with van der Waals surface area (Å²) in [7, 11) is 0. The number of ether oxygens (including phenoxy) is 1. The first-order valence-corrected chi connectivity index (χ1v) is 8.54. The molecule has 0 saturated carbocycles. The van der Waals surface area contributed by atoms with Crippen LogP contribution < -0.4 is 5.32 Å². The van der Waals surface area contributed by atoms with Crippen molar-refractivity contribution in [1.82, 2.24) is 10.3 Å². The number of hydrogen-bond donors (Lipinski definition) is 1. The number of piperidine rings is 1. The van der Waals surface area contributed by atoms with Crippen LogP contribution in [0.15, 0.2) is 0 Å². The number of aryl methyl sites for hydroxylation is 1. The summed E-state index contributed by atoms with van der Waals surface area (Å²) in [5.41, 5.74) is -1.25. The summed E-state index contributed by atoms with van der Waals surface area (Å²) < 4.78 is 43.3. The Morgan fingerprint density at radius 1 is 1.40 bits per heavy atom. The van der Waals surface area contributed by atoms with Crippen LogP contribution in [0.5, 0.6) is 0 Å². The first kappa shape index (κ1) is 19.4. The highest BCUT2D eigenvalue weighted by atomic mass is 32.1. The molecule has 0 aromatic carbocycles. The maximum atomic E-state index is 12.8. The lowest BCUT2D eigenvalue weighted by molar-refractivity contribution is -0.141. The van der Waals surface area contributed by atoms with E-state index in [0.717, 1.165) is 6.42 Å². The second-order valence-electron chi connectivity index (χ2n) is 5.60. The van der Waals surface area contributed by atoms with Crippen LogP contribution in [0.4, 0.5) is 13.2 Å². The smallest absolute Gasteiger partial charge is 0.435 e. The molecule has 0 unspecified atom stereocenters. The second kappa shape index (κ2) is 7.94. The monoisotopic (exact) mass is 378 g/mol. The molecule has 1 aliphatic heterocycles. The molecular weight excluding hydrogens is 361 g/mol. The number of carbonyl (C=O) groups excluding carboxylic acids is 3. The van der Waals surface area contributed by atoms with E-state index in [-0.39, 0.29) is 36.1 Å². The number of carbonyl (C=O) groups is 3. The van der Waals surface area contributed by atoms with Gasteiger partial charge in [0.1, 0.15) is 10.7 Å². The lowest BCUT2D eigenvalue weighted by atomic mass is 9.92. The third-order valence-electron chi connectivity index (χ3n) is 3.66. The average molecular weight is 378 g/mol. The molecular formula is C15H17F3N2O4S. The Kier molecular flexibility index (Phi) is 6.15. The van der Waals surface area contributed by atoms with Crippen LogP contribution in [0, 0.1) is 12.8 Å². The first-order valence-electron chi connectivity index (χ1n) is 7.72.